The summed E-state index contributed by atoms with van der Waals surface area (Å²) in [7, 11) is 0. The van der Waals surface area contributed by atoms with Crippen molar-refractivity contribution in [1.82, 2.24) is 0 Å². The van der Waals surface area contributed by atoms with Crippen LogP contribution >= 0.6 is 11.6 Å². The van der Waals surface area contributed by atoms with Crippen LogP contribution in [0.5, 0.6) is 0 Å². The number of nitrogens with two attached hydrogens (primary N) is 1. The topological polar surface area (TPSA) is 66.5 Å². The van der Waals surface area contributed by atoms with Crippen LogP contribution in [0.2, 0.25) is 0 Å². The van der Waals surface area contributed by atoms with E-state index in [2.05, 4.69) is 0 Å². The molecule has 0 aliphatic heterocycles. The Morgan fingerprint density at radius 2 is 1.72 bits per heavy atom. The lowest BCUT2D eigenvalue weighted by atomic mass is 9.99. The van der Waals surface area contributed by atoms with Gasteiger partial charge in [0.05, 0.1) is 6.10 Å². The van der Waals surface area contributed by atoms with Crippen LogP contribution in [0.15, 0.2) is 36.4 Å². The van der Waals surface area contributed by atoms with E-state index in [1.807, 2.05) is 30.3 Å². The van der Waals surface area contributed by atoms with Crippen molar-refractivity contribution in [1.29, 1.82) is 0 Å². The van der Waals surface area contributed by atoms with E-state index in [-0.39, 0.29) is 0 Å². The van der Waals surface area contributed by atoms with Crippen LogP contribution in [-0.4, -0.2) is 22.2 Å². The van der Waals surface area contributed by atoms with Gasteiger partial charge in [0.2, 0.25) is 0 Å². The Kier molecular flexibility index (Phi) is 4.07. The summed E-state index contributed by atoms with van der Waals surface area (Å²) in [5.41, 5.74) is 7.10. The second-order valence-electron chi connectivity index (χ2n) is 4.36. The highest BCUT2D eigenvalue weighted by Crippen LogP contribution is 2.25. The molecule has 18 heavy (non-hydrogen) atoms. The lowest BCUT2D eigenvalue weighted by Gasteiger charge is -2.17. The van der Waals surface area contributed by atoms with Gasteiger partial charge in [-0.25, -0.2) is 0 Å². The second kappa shape index (κ2) is 5.57. The summed E-state index contributed by atoms with van der Waals surface area (Å²) < 4.78 is 0. The number of aliphatic hydroxyl groups excluding tert-OH is 2. The maximum Gasteiger partial charge on any atom is 0.105 e. The molecule has 0 bridgehead atoms. The number of rotatable bonds is 4. The maximum absolute atomic E-state index is 10.0. The minimum Gasteiger partial charge on any atom is -0.399 e. The first-order valence-electron chi connectivity index (χ1n) is 5.83. The van der Waals surface area contributed by atoms with Crippen molar-refractivity contribution in [3.05, 3.63) is 42.0 Å². The first-order valence-corrected chi connectivity index (χ1v) is 6.36. The van der Waals surface area contributed by atoms with Crippen molar-refractivity contribution in [2.24, 2.45) is 0 Å². The van der Waals surface area contributed by atoms with E-state index in [9.17, 15) is 10.2 Å². The fourth-order valence-electron chi connectivity index (χ4n) is 1.96. The molecule has 0 spiro atoms. The van der Waals surface area contributed by atoms with Gasteiger partial charge in [-0.2, -0.15) is 0 Å². The number of aliphatic hydroxyl groups is 2. The highest BCUT2D eigenvalue weighted by Gasteiger charge is 2.17. The Bertz CT molecular complexity index is 544. The highest BCUT2D eigenvalue weighted by atomic mass is 35.5. The van der Waals surface area contributed by atoms with Crippen molar-refractivity contribution in [2.45, 2.75) is 18.6 Å². The molecule has 0 aliphatic carbocycles. The molecule has 0 aliphatic rings. The molecule has 3 nitrogen and oxygen atoms in total. The van der Waals surface area contributed by atoms with Crippen LogP contribution in [0.1, 0.15) is 18.1 Å². The summed E-state index contributed by atoms with van der Waals surface area (Å²) in [5, 5.41) is 21.7. The zero-order chi connectivity index (χ0) is 13.1. The normalized spacial score (nSPS) is 14.6. The third-order valence-corrected chi connectivity index (χ3v) is 3.22. The number of hydrogen-bond donors (Lipinski definition) is 3. The molecule has 0 amide bonds. The van der Waals surface area contributed by atoms with Crippen LogP contribution < -0.4 is 5.73 Å². The zero-order valence-corrected chi connectivity index (χ0v) is 10.6. The molecule has 2 aromatic rings. The van der Waals surface area contributed by atoms with Gasteiger partial charge >= 0.3 is 0 Å². The molecule has 0 radical (unpaired) electrons. The monoisotopic (exact) mass is 265 g/mol. The van der Waals surface area contributed by atoms with Crippen molar-refractivity contribution in [3.8, 4) is 0 Å². The van der Waals surface area contributed by atoms with Crippen molar-refractivity contribution in [2.75, 3.05) is 11.6 Å². The lowest BCUT2D eigenvalue weighted by molar-refractivity contribution is 0.0171. The SMILES string of the molecule is Nc1ccc2cc(C(O)C(O)CCCl)ccc2c1. The van der Waals surface area contributed by atoms with Crippen LogP contribution in [0.4, 0.5) is 5.69 Å². The number of alkyl halides is 1. The van der Waals surface area contributed by atoms with Gasteiger partial charge in [-0.1, -0.05) is 18.2 Å². The van der Waals surface area contributed by atoms with Gasteiger partial charge in [-0.15, -0.1) is 11.6 Å². The van der Waals surface area contributed by atoms with E-state index in [0.717, 1.165) is 10.8 Å². The summed E-state index contributed by atoms with van der Waals surface area (Å²) in [5.74, 6) is 0.322. The largest absolute Gasteiger partial charge is 0.399 e. The molecule has 2 unspecified atom stereocenters. The molecule has 96 valence electrons. The van der Waals surface area contributed by atoms with E-state index >= 15 is 0 Å². The van der Waals surface area contributed by atoms with Gasteiger partial charge in [0.15, 0.2) is 0 Å². The summed E-state index contributed by atoms with van der Waals surface area (Å²) in [6.45, 7) is 0. The third kappa shape index (κ3) is 2.75. The van der Waals surface area contributed by atoms with Gasteiger partial charge < -0.3 is 15.9 Å². The molecule has 0 aromatic heterocycles. The summed E-state index contributed by atoms with van der Waals surface area (Å²) in [4.78, 5) is 0. The summed E-state index contributed by atoms with van der Waals surface area (Å²) in [6, 6.07) is 11.1. The summed E-state index contributed by atoms with van der Waals surface area (Å²) >= 11 is 5.56. The van der Waals surface area contributed by atoms with Crippen LogP contribution in [0.3, 0.4) is 0 Å². The first kappa shape index (κ1) is 13.1. The van der Waals surface area contributed by atoms with Gasteiger partial charge in [-0.3, -0.25) is 0 Å². The maximum atomic E-state index is 10.0. The predicted molar refractivity (Wildman–Crippen MR) is 74.7 cm³/mol. The summed E-state index contributed by atoms with van der Waals surface area (Å²) in [6.07, 6.45) is -1.39. The standard InChI is InChI=1S/C14H16ClNO2/c15-6-5-13(17)14(18)11-2-1-10-8-12(16)4-3-9(10)7-11/h1-4,7-8,13-14,17-18H,5-6,16H2. The van der Waals surface area contributed by atoms with Gasteiger partial charge in [0.25, 0.3) is 0 Å². The van der Waals surface area contributed by atoms with Crippen LogP contribution in [0.25, 0.3) is 10.8 Å². The number of anilines is 1. The first-order chi connectivity index (χ1) is 8.61. The number of halogens is 1. The van der Waals surface area contributed by atoms with Crippen molar-refractivity contribution < 1.29 is 10.2 Å². The average molecular weight is 266 g/mol. The average Bonchev–Trinajstić information content (AvgIpc) is 2.37. The van der Waals surface area contributed by atoms with E-state index in [1.54, 1.807) is 6.07 Å². The predicted octanol–water partition coefficient (Wildman–Crippen LogP) is 2.45. The number of fused-ring (bicyclic) bond motifs is 1. The Labute approximate surface area is 111 Å². The Balaban J connectivity index is 2.32. The zero-order valence-electron chi connectivity index (χ0n) is 9.88. The van der Waals surface area contributed by atoms with Gasteiger partial charge in [-0.05, 0) is 41.0 Å². The smallest absolute Gasteiger partial charge is 0.105 e. The molecule has 4 heteroatoms. The van der Waals surface area contributed by atoms with Crippen LogP contribution in [0, 0.1) is 0 Å². The van der Waals surface area contributed by atoms with Crippen LogP contribution in [-0.2, 0) is 0 Å². The fraction of sp³-hybridized carbons (Fsp3) is 0.286. The molecular weight excluding hydrogens is 250 g/mol. The Hall–Kier alpha value is -1.29. The number of benzene rings is 2. The van der Waals surface area contributed by atoms with Crippen molar-refractivity contribution >= 4 is 28.1 Å². The molecule has 0 saturated carbocycles. The van der Waals surface area contributed by atoms with E-state index < -0.39 is 12.2 Å². The Morgan fingerprint density at radius 1 is 1.06 bits per heavy atom. The molecule has 4 N–H and O–H groups in total. The highest BCUT2D eigenvalue weighted by molar-refractivity contribution is 6.17. The van der Waals surface area contributed by atoms with Gasteiger partial charge in [0, 0.05) is 11.6 Å². The number of nitrogen functional groups attached to an aromatic ring is 1. The molecule has 0 saturated heterocycles. The fourth-order valence-corrected chi connectivity index (χ4v) is 2.18. The lowest BCUT2D eigenvalue weighted by Crippen LogP contribution is -2.18. The quantitative estimate of drug-likeness (QED) is 0.588. The molecule has 2 aromatic carbocycles. The van der Waals surface area contributed by atoms with Crippen molar-refractivity contribution in [3.63, 3.8) is 0 Å². The number of hydrogen-bond acceptors (Lipinski definition) is 3. The molecule has 2 atom stereocenters. The molecule has 0 fully saturated rings. The minimum absolute atomic E-state index is 0.322. The molecular formula is C14H16ClNO2. The second-order valence-corrected chi connectivity index (χ2v) is 4.73. The van der Waals surface area contributed by atoms with E-state index in [1.165, 1.54) is 0 Å². The van der Waals surface area contributed by atoms with E-state index in [4.69, 9.17) is 17.3 Å². The van der Waals surface area contributed by atoms with E-state index in [0.29, 0.717) is 23.6 Å². The Morgan fingerprint density at radius 3 is 2.44 bits per heavy atom. The van der Waals surface area contributed by atoms with Gasteiger partial charge in [0.1, 0.15) is 6.10 Å². The molecule has 2 rings (SSSR count). The minimum atomic E-state index is -0.911. The molecule has 0 heterocycles. The third-order valence-electron chi connectivity index (χ3n) is 3.00.